The number of amides is 1. The van der Waals surface area contributed by atoms with Gasteiger partial charge in [-0.05, 0) is 19.1 Å². The van der Waals surface area contributed by atoms with E-state index in [2.05, 4.69) is 5.10 Å². The Labute approximate surface area is 112 Å². The molecule has 0 aliphatic carbocycles. The van der Waals surface area contributed by atoms with Crippen LogP contribution in [0, 0.1) is 0 Å². The number of hydrogen-bond acceptors (Lipinski definition) is 3. The first-order chi connectivity index (χ1) is 9.00. The van der Waals surface area contributed by atoms with Crippen molar-refractivity contribution in [3.8, 4) is 5.69 Å². The molecule has 0 aliphatic heterocycles. The zero-order chi connectivity index (χ0) is 14.0. The van der Waals surface area contributed by atoms with Gasteiger partial charge in [-0.1, -0.05) is 18.2 Å². The molecule has 1 unspecified atom stereocenters. The average Bonchev–Trinajstić information content (AvgIpc) is 2.87. The maximum Gasteiger partial charge on any atom is 0.273 e. The number of aliphatic hydroxyl groups excluding tert-OH is 1. The molecule has 0 spiro atoms. The molecule has 1 aromatic carbocycles. The first-order valence-electron chi connectivity index (χ1n) is 6.05. The van der Waals surface area contributed by atoms with Crippen LogP contribution >= 0.6 is 0 Å². The average molecular weight is 259 g/mol. The summed E-state index contributed by atoms with van der Waals surface area (Å²) < 4.78 is 1.61. The molecule has 1 amide bonds. The van der Waals surface area contributed by atoms with Gasteiger partial charge < -0.3 is 10.0 Å². The second-order valence-electron chi connectivity index (χ2n) is 4.58. The van der Waals surface area contributed by atoms with Crippen molar-refractivity contribution in [1.82, 2.24) is 14.7 Å². The molecule has 0 saturated carbocycles. The summed E-state index contributed by atoms with van der Waals surface area (Å²) in [6, 6.07) is 9.10. The molecule has 0 radical (unpaired) electrons. The van der Waals surface area contributed by atoms with Gasteiger partial charge in [0.1, 0.15) is 0 Å². The third kappa shape index (κ3) is 2.66. The van der Waals surface area contributed by atoms with E-state index >= 15 is 0 Å². The first kappa shape index (κ1) is 13.3. The van der Waals surface area contributed by atoms with Crippen LogP contribution in [-0.2, 0) is 0 Å². The molecule has 5 nitrogen and oxygen atoms in total. The molecule has 0 fully saturated rings. The second-order valence-corrected chi connectivity index (χ2v) is 4.58. The third-order valence-corrected chi connectivity index (χ3v) is 2.85. The van der Waals surface area contributed by atoms with E-state index in [9.17, 15) is 9.90 Å². The molecular formula is C14H17N3O2. The first-order valence-corrected chi connectivity index (χ1v) is 6.05. The number of aliphatic hydroxyl groups is 1. The molecule has 5 heteroatoms. The van der Waals surface area contributed by atoms with Crippen molar-refractivity contribution in [1.29, 1.82) is 0 Å². The Morgan fingerprint density at radius 3 is 2.63 bits per heavy atom. The van der Waals surface area contributed by atoms with Gasteiger partial charge in [0.2, 0.25) is 0 Å². The predicted molar refractivity (Wildman–Crippen MR) is 72.2 cm³/mol. The van der Waals surface area contributed by atoms with E-state index in [-0.39, 0.29) is 5.91 Å². The molecule has 19 heavy (non-hydrogen) atoms. The fourth-order valence-electron chi connectivity index (χ4n) is 1.85. The van der Waals surface area contributed by atoms with Gasteiger partial charge in [0, 0.05) is 25.9 Å². The molecule has 0 aliphatic rings. The number of hydrogen-bond donors (Lipinski definition) is 1. The Morgan fingerprint density at radius 2 is 2.00 bits per heavy atom. The van der Waals surface area contributed by atoms with Gasteiger partial charge in [-0.15, -0.1) is 0 Å². The lowest BCUT2D eigenvalue weighted by Gasteiger charge is -2.11. The smallest absolute Gasteiger partial charge is 0.273 e. The normalized spacial score (nSPS) is 12.2. The molecule has 2 aromatic rings. The minimum atomic E-state index is -0.589. The summed E-state index contributed by atoms with van der Waals surface area (Å²) in [7, 11) is 3.37. The van der Waals surface area contributed by atoms with Crippen LogP contribution in [-0.4, -0.2) is 39.8 Å². The second kappa shape index (κ2) is 5.24. The quantitative estimate of drug-likeness (QED) is 0.911. The third-order valence-electron chi connectivity index (χ3n) is 2.85. The van der Waals surface area contributed by atoms with Crippen LogP contribution in [0.2, 0.25) is 0 Å². The summed E-state index contributed by atoms with van der Waals surface area (Å²) in [5, 5.41) is 14.0. The van der Waals surface area contributed by atoms with E-state index in [1.165, 1.54) is 4.90 Å². The Bertz CT molecular complexity index is 588. The molecule has 1 N–H and O–H groups in total. The van der Waals surface area contributed by atoms with Crippen LogP contribution in [0.5, 0.6) is 0 Å². The monoisotopic (exact) mass is 259 g/mol. The van der Waals surface area contributed by atoms with Crippen LogP contribution < -0.4 is 0 Å². The van der Waals surface area contributed by atoms with Crippen molar-refractivity contribution in [2.45, 2.75) is 13.0 Å². The van der Waals surface area contributed by atoms with Gasteiger partial charge in [0.25, 0.3) is 5.91 Å². The highest BCUT2D eigenvalue weighted by atomic mass is 16.3. The topological polar surface area (TPSA) is 58.4 Å². The van der Waals surface area contributed by atoms with Gasteiger partial charge in [-0.2, -0.15) is 5.10 Å². The van der Waals surface area contributed by atoms with E-state index in [1.807, 2.05) is 24.3 Å². The summed E-state index contributed by atoms with van der Waals surface area (Å²) in [4.78, 5) is 13.3. The Hall–Kier alpha value is -2.14. The van der Waals surface area contributed by atoms with Crippen LogP contribution in [0.25, 0.3) is 5.69 Å². The highest BCUT2D eigenvalue weighted by Gasteiger charge is 2.14. The van der Waals surface area contributed by atoms with Crippen LogP contribution in [0.4, 0.5) is 0 Å². The molecule has 1 aromatic heterocycles. The van der Waals surface area contributed by atoms with E-state index in [1.54, 1.807) is 38.0 Å². The zero-order valence-electron chi connectivity index (χ0n) is 11.2. The highest BCUT2D eigenvalue weighted by molar-refractivity contribution is 5.91. The number of carbonyl (C=O) groups excluding carboxylic acids is 1. The summed E-state index contributed by atoms with van der Waals surface area (Å²) >= 11 is 0. The molecule has 0 bridgehead atoms. The highest BCUT2D eigenvalue weighted by Crippen LogP contribution is 2.20. The van der Waals surface area contributed by atoms with E-state index in [0.717, 1.165) is 11.3 Å². The van der Waals surface area contributed by atoms with Crippen LogP contribution in [0.3, 0.4) is 0 Å². The number of nitrogens with zero attached hydrogens (tertiary/aromatic N) is 3. The number of aromatic nitrogens is 2. The Balaban J connectivity index is 2.41. The molecule has 1 heterocycles. The van der Waals surface area contributed by atoms with Gasteiger partial charge >= 0.3 is 0 Å². The molecule has 100 valence electrons. The maximum absolute atomic E-state index is 11.8. The van der Waals surface area contributed by atoms with Crippen molar-refractivity contribution in [3.63, 3.8) is 0 Å². The van der Waals surface area contributed by atoms with Crippen molar-refractivity contribution in [3.05, 3.63) is 47.8 Å². The van der Waals surface area contributed by atoms with Gasteiger partial charge in [0.15, 0.2) is 5.69 Å². The lowest BCUT2D eigenvalue weighted by Crippen LogP contribution is -2.22. The number of para-hydroxylation sites is 1. The van der Waals surface area contributed by atoms with E-state index in [4.69, 9.17) is 0 Å². The van der Waals surface area contributed by atoms with E-state index in [0.29, 0.717) is 5.69 Å². The van der Waals surface area contributed by atoms with Crippen molar-refractivity contribution < 1.29 is 9.90 Å². The fourth-order valence-corrected chi connectivity index (χ4v) is 1.85. The summed E-state index contributed by atoms with van der Waals surface area (Å²) in [6.45, 7) is 1.70. The van der Waals surface area contributed by atoms with Crippen molar-refractivity contribution in [2.75, 3.05) is 14.1 Å². The summed E-state index contributed by atoms with van der Waals surface area (Å²) in [5.41, 5.74) is 1.93. The number of rotatable bonds is 3. The lowest BCUT2D eigenvalue weighted by molar-refractivity contribution is 0.0821. The Kier molecular flexibility index (Phi) is 3.66. The summed E-state index contributed by atoms with van der Waals surface area (Å²) in [6.07, 6.45) is 1.13. The Morgan fingerprint density at radius 1 is 1.32 bits per heavy atom. The zero-order valence-corrected chi connectivity index (χ0v) is 11.2. The van der Waals surface area contributed by atoms with Gasteiger partial charge in [-0.25, -0.2) is 4.68 Å². The van der Waals surface area contributed by atoms with Gasteiger partial charge in [0.05, 0.1) is 11.8 Å². The maximum atomic E-state index is 11.8. The molecule has 1 atom stereocenters. The van der Waals surface area contributed by atoms with Gasteiger partial charge in [-0.3, -0.25) is 4.79 Å². The van der Waals surface area contributed by atoms with Crippen molar-refractivity contribution in [2.24, 2.45) is 0 Å². The van der Waals surface area contributed by atoms with Crippen LogP contribution in [0.1, 0.15) is 29.1 Å². The molecule has 0 saturated heterocycles. The van der Waals surface area contributed by atoms with Crippen LogP contribution in [0.15, 0.2) is 36.5 Å². The largest absolute Gasteiger partial charge is 0.389 e. The van der Waals surface area contributed by atoms with E-state index < -0.39 is 6.10 Å². The molecule has 2 rings (SSSR count). The number of benzene rings is 1. The standard InChI is InChI=1S/C14H17N3O2/c1-10(18)11-6-4-5-7-13(11)17-9-8-12(15-17)14(19)16(2)3/h4-10,18H,1-3H3. The molecular weight excluding hydrogens is 242 g/mol. The number of carbonyl (C=O) groups is 1. The van der Waals surface area contributed by atoms with Crippen molar-refractivity contribution >= 4 is 5.91 Å². The fraction of sp³-hybridized carbons (Fsp3) is 0.286. The SMILES string of the molecule is CC(O)c1ccccc1-n1ccc(C(=O)N(C)C)n1. The lowest BCUT2D eigenvalue weighted by atomic mass is 10.1. The minimum Gasteiger partial charge on any atom is -0.389 e. The summed E-state index contributed by atoms with van der Waals surface area (Å²) in [5.74, 6) is -0.145. The minimum absolute atomic E-state index is 0.145. The predicted octanol–water partition coefficient (Wildman–Crippen LogP) is 1.63.